The van der Waals surface area contributed by atoms with Gasteiger partial charge >= 0.3 is 0 Å². The summed E-state index contributed by atoms with van der Waals surface area (Å²) in [5.74, 6) is 0.653. The van der Waals surface area contributed by atoms with Crippen LogP contribution in [0.25, 0.3) is 0 Å². The monoisotopic (exact) mass is 327 g/mol. The summed E-state index contributed by atoms with van der Waals surface area (Å²) in [6.45, 7) is 2.03. The van der Waals surface area contributed by atoms with Crippen LogP contribution in [0, 0.1) is 12.7 Å². The third-order valence-electron chi connectivity index (χ3n) is 3.12. The van der Waals surface area contributed by atoms with E-state index in [0.717, 1.165) is 5.56 Å². The standard InChI is InChI=1S/C16H14FN5O2/c1-10-8-14(22-24-10)21-16-18-7-6-13(20-16)15(23)19-9-11-2-4-12(17)5-3-11/h2-8H,9H2,1H3,(H,19,23)(H,18,20,21,22). The zero-order valence-corrected chi connectivity index (χ0v) is 12.8. The third-order valence-corrected chi connectivity index (χ3v) is 3.12. The van der Waals surface area contributed by atoms with E-state index in [9.17, 15) is 9.18 Å². The second kappa shape index (κ2) is 6.86. The number of rotatable bonds is 5. The van der Waals surface area contributed by atoms with Crippen LogP contribution in [0.2, 0.25) is 0 Å². The number of anilines is 2. The zero-order chi connectivity index (χ0) is 16.9. The lowest BCUT2D eigenvalue weighted by molar-refractivity contribution is 0.0946. The molecule has 0 fully saturated rings. The van der Waals surface area contributed by atoms with Crippen LogP contribution in [0.1, 0.15) is 21.8 Å². The Balaban J connectivity index is 1.64. The smallest absolute Gasteiger partial charge is 0.270 e. The highest BCUT2D eigenvalue weighted by molar-refractivity contribution is 5.92. The van der Waals surface area contributed by atoms with E-state index in [4.69, 9.17) is 4.52 Å². The summed E-state index contributed by atoms with van der Waals surface area (Å²) >= 11 is 0. The number of carbonyl (C=O) groups excluding carboxylic acids is 1. The normalized spacial score (nSPS) is 10.4. The Morgan fingerprint density at radius 2 is 2.04 bits per heavy atom. The highest BCUT2D eigenvalue weighted by atomic mass is 19.1. The number of aryl methyl sites for hydroxylation is 1. The molecule has 8 heteroatoms. The fourth-order valence-electron chi connectivity index (χ4n) is 1.96. The van der Waals surface area contributed by atoms with Gasteiger partial charge in [-0.2, -0.15) is 0 Å². The number of aromatic nitrogens is 3. The van der Waals surface area contributed by atoms with Gasteiger partial charge in [-0.25, -0.2) is 14.4 Å². The van der Waals surface area contributed by atoms with E-state index in [1.165, 1.54) is 24.4 Å². The average molecular weight is 327 g/mol. The van der Waals surface area contributed by atoms with Crippen LogP contribution >= 0.6 is 0 Å². The molecule has 2 aromatic heterocycles. The quantitative estimate of drug-likeness (QED) is 0.748. The van der Waals surface area contributed by atoms with Crippen LogP contribution in [0.5, 0.6) is 0 Å². The van der Waals surface area contributed by atoms with Crippen molar-refractivity contribution in [3.63, 3.8) is 0 Å². The largest absolute Gasteiger partial charge is 0.360 e. The van der Waals surface area contributed by atoms with E-state index in [2.05, 4.69) is 25.8 Å². The van der Waals surface area contributed by atoms with E-state index < -0.39 is 0 Å². The lowest BCUT2D eigenvalue weighted by Gasteiger charge is -2.06. The Morgan fingerprint density at radius 1 is 1.25 bits per heavy atom. The Labute approximate surface area is 136 Å². The predicted molar refractivity (Wildman–Crippen MR) is 84.1 cm³/mol. The molecule has 0 bridgehead atoms. The summed E-state index contributed by atoms with van der Waals surface area (Å²) < 4.78 is 17.8. The molecule has 122 valence electrons. The average Bonchev–Trinajstić information content (AvgIpc) is 2.99. The van der Waals surface area contributed by atoms with E-state index in [0.29, 0.717) is 11.6 Å². The first kappa shape index (κ1) is 15.6. The number of nitrogens with one attached hydrogen (secondary N) is 2. The fourth-order valence-corrected chi connectivity index (χ4v) is 1.96. The van der Waals surface area contributed by atoms with Gasteiger partial charge in [0.25, 0.3) is 5.91 Å². The first-order valence-electron chi connectivity index (χ1n) is 7.16. The molecule has 2 heterocycles. The number of carbonyl (C=O) groups is 1. The van der Waals surface area contributed by atoms with Crippen molar-refractivity contribution in [1.29, 1.82) is 0 Å². The summed E-state index contributed by atoms with van der Waals surface area (Å²) in [4.78, 5) is 20.3. The molecule has 0 atom stereocenters. The van der Waals surface area contributed by atoms with Crippen molar-refractivity contribution in [2.75, 3.05) is 5.32 Å². The molecule has 2 N–H and O–H groups in total. The van der Waals surface area contributed by atoms with Crippen molar-refractivity contribution in [3.8, 4) is 0 Å². The van der Waals surface area contributed by atoms with Crippen LogP contribution in [-0.4, -0.2) is 21.0 Å². The summed E-state index contributed by atoms with van der Waals surface area (Å²) in [5.41, 5.74) is 0.991. The molecule has 0 aliphatic rings. The number of halogens is 1. The third kappa shape index (κ3) is 3.92. The van der Waals surface area contributed by atoms with Gasteiger partial charge in [-0.15, -0.1) is 0 Å². The number of hydrogen-bond acceptors (Lipinski definition) is 6. The van der Waals surface area contributed by atoms with Gasteiger partial charge in [0.15, 0.2) is 5.82 Å². The molecule has 1 amide bonds. The van der Waals surface area contributed by atoms with Crippen molar-refractivity contribution in [2.24, 2.45) is 0 Å². The van der Waals surface area contributed by atoms with Crippen LogP contribution in [0.4, 0.5) is 16.2 Å². The Bertz CT molecular complexity index is 848. The summed E-state index contributed by atoms with van der Waals surface area (Å²) in [6, 6.07) is 9.08. The van der Waals surface area contributed by atoms with Crippen LogP contribution in [0.3, 0.4) is 0 Å². The van der Waals surface area contributed by atoms with Crippen molar-refractivity contribution in [2.45, 2.75) is 13.5 Å². The second-order valence-electron chi connectivity index (χ2n) is 5.02. The molecule has 7 nitrogen and oxygen atoms in total. The fraction of sp³-hybridized carbons (Fsp3) is 0.125. The van der Waals surface area contributed by atoms with Crippen molar-refractivity contribution in [3.05, 3.63) is 65.4 Å². The first-order valence-corrected chi connectivity index (χ1v) is 7.16. The van der Waals surface area contributed by atoms with Crippen molar-refractivity contribution >= 4 is 17.7 Å². The maximum absolute atomic E-state index is 12.9. The topological polar surface area (TPSA) is 92.9 Å². The number of amides is 1. The second-order valence-corrected chi connectivity index (χ2v) is 5.02. The summed E-state index contributed by atoms with van der Waals surface area (Å²) in [5, 5.41) is 9.34. The Morgan fingerprint density at radius 3 is 2.75 bits per heavy atom. The molecule has 0 aliphatic heterocycles. The molecule has 24 heavy (non-hydrogen) atoms. The van der Waals surface area contributed by atoms with Gasteiger partial charge in [-0.1, -0.05) is 17.3 Å². The molecule has 0 saturated carbocycles. The molecule has 0 unspecified atom stereocenters. The van der Waals surface area contributed by atoms with Crippen LogP contribution in [0.15, 0.2) is 47.1 Å². The predicted octanol–water partition coefficient (Wildman–Crippen LogP) is 2.59. The van der Waals surface area contributed by atoms with Gasteiger partial charge in [0.2, 0.25) is 5.95 Å². The van der Waals surface area contributed by atoms with Gasteiger partial charge in [0.05, 0.1) is 0 Å². The molecule has 0 spiro atoms. The van der Waals surface area contributed by atoms with Gasteiger partial charge < -0.3 is 15.2 Å². The first-order chi connectivity index (χ1) is 11.6. The zero-order valence-electron chi connectivity index (χ0n) is 12.8. The number of hydrogen-bond donors (Lipinski definition) is 2. The Hall–Kier alpha value is -3.29. The number of benzene rings is 1. The van der Waals surface area contributed by atoms with Gasteiger partial charge in [-0.05, 0) is 30.7 Å². The minimum absolute atomic E-state index is 0.204. The van der Waals surface area contributed by atoms with E-state index in [1.54, 1.807) is 25.1 Å². The molecule has 0 radical (unpaired) electrons. The van der Waals surface area contributed by atoms with Crippen LogP contribution in [-0.2, 0) is 6.54 Å². The van der Waals surface area contributed by atoms with Crippen molar-refractivity contribution < 1.29 is 13.7 Å². The van der Waals surface area contributed by atoms with Gasteiger partial charge in [0.1, 0.15) is 17.3 Å². The minimum Gasteiger partial charge on any atom is -0.360 e. The lowest BCUT2D eigenvalue weighted by Crippen LogP contribution is -2.24. The summed E-state index contributed by atoms with van der Waals surface area (Å²) in [7, 11) is 0. The van der Waals surface area contributed by atoms with Crippen LogP contribution < -0.4 is 10.6 Å². The maximum atomic E-state index is 12.9. The van der Waals surface area contributed by atoms with Gasteiger partial charge in [-0.3, -0.25) is 4.79 Å². The summed E-state index contributed by atoms with van der Waals surface area (Å²) in [6.07, 6.45) is 1.47. The highest BCUT2D eigenvalue weighted by Crippen LogP contribution is 2.12. The molecular weight excluding hydrogens is 313 g/mol. The molecule has 0 saturated heterocycles. The van der Waals surface area contributed by atoms with Crippen molar-refractivity contribution in [1.82, 2.24) is 20.4 Å². The number of nitrogens with zero attached hydrogens (tertiary/aromatic N) is 3. The lowest BCUT2D eigenvalue weighted by atomic mass is 10.2. The minimum atomic E-state index is -0.360. The highest BCUT2D eigenvalue weighted by Gasteiger charge is 2.10. The van der Waals surface area contributed by atoms with E-state index >= 15 is 0 Å². The van der Waals surface area contributed by atoms with Gasteiger partial charge in [0, 0.05) is 18.8 Å². The Kier molecular flexibility index (Phi) is 4.46. The molecule has 1 aromatic carbocycles. The molecular formula is C16H14FN5O2. The maximum Gasteiger partial charge on any atom is 0.270 e. The molecule has 3 aromatic rings. The SMILES string of the molecule is Cc1cc(Nc2nccc(C(=O)NCc3ccc(F)cc3)n2)no1. The van der Waals surface area contributed by atoms with E-state index in [-0.39, 0.29) is 29.9 Å². The van der Waals surface area contributed by atoms with E-state index in [1.807, 2.05) is 0 Å². The molecule has 0 aliphatic carbocycles. The molecule has 3 rings (SSSR count).